The molecule has 1 heterocycles. The molecule has 1 fully saturated rings. The SMILES string of the molecule is CC(NC1CCS(=O)(=O)C1)c1ccc(C#N)cc1. The molecule has 2 atom stereocenters. The Morgan fingerprint density at radius 2 is 2.06 bits per heavy atom. The molecule has 0 aromatic heterocycles. The molecule has 0 spiro atoms. The van der Waals surface area contributed by atoms with Crippen LogP contribution in [-0.4, -0.2) is 26.0 Å². The van der Waals surface area contributed by atoms with Gasteiger partial charge in [0, 0.05) is 12.1 Å². The number of nitrogens with one attached hydrogen (secondary N) is 1. The van der Waals surface area contributed by atoms with Gasteiger partial charge < -0.3 is 5.32 Å². The van der Waals surface area contributed by atoms with Crippen molar-refractivity contribution in [1.29, 1.82) is 5.26 Å². The highest BCUT2D eigenvalue weighted by Gasteiger charge is 2.28. The summed E-state index contributed by atoms with van der Waals surface area (Å²) in [5, 5.41) is 12.0. The van der Waals surface area contributed by atoms with Gasteiger partial charge in [0.05, 0.1) is 23.1 Å². The number of hydrogen-bond donors (Lipinski definition) is 1. The number of sulfone groups is 1. The van der Waals surface area contributed by atoms with Crippen LogP contribution >= 0.6 is 0 Å². The predicted octanol–water partition coefficient (Wildman–Crippen LogP) is 1.40. The maximum atomic E-state index is 11.4. The second-order valence-corrected chi connectivity index (χ2v) is 6.95. The first kappa shape index (κ1) is 13.1. The van der Waals surface area contributed by atoms with Gasteiger partial charge in [0.25, 0.3) is 0 Å². The Hall–Kier alpha value is -1.38. The first-order chi connectivity index (χ1) is 8.50. The first-order valence-electron chi connectivity index (χ1n) is 5.97. The molecule has 1 N–H and O–H groups in total. The van der Waals surface area contributed by atoms with Crippen molar-refractivity contribution in [3.05, 3.63) is 35.4 Å². The van der Waals surface area contributed by atoms with Crippen LogP contribution in [0.2, 0.25) is 0 Å². The lowest BCUT2D eigenvalue weighted by Crippen LogP contribution is -2.32. The molecule has 0 saturated carbocycles. The van der Waals surface area contributed by atoms with Crippen LogP contribution in [0.5, 0.6) is 0 Å². The van der Waals surface area contributed by atoms with Crippen molar-refractivity contribution in [2.75, 3.05) is 11.5 Å². The molecular formula is C13H16N2O2S. The van der Waals surface area contributed by atoms with Crippen LogP contribution < -0.4 is 5.32 Å². The van der Waals surface area contributed by atoms with E-state index in [1.54, 1.807) is 12.1 Å². The summed E-state index contributed by atoms with van der Waals surface area (Å²) in [5.74, 6) is 0.512. The topological polar surface area (TPSA) is 70.0 Å². The quantitative estimate of drug-likeness (QED) is 0.895. The fraction of sp³-hybridized carbons (Fsp3) is 0.462. The second-order valence-electron chi connectivity index (χ2n) is 4.72. The molecule has 1 aromatic carbocycles. The fourth-order valence-corrected chi connectivity index (χ4v) is 3.91. The summed E-state index contributed by atoms with van der Waals surface area (Å²) in [4.78, 5) is 0. The number of hydrogen-bond acceptors (Lipinski definition) is 4. The maximum Gasteiger partial charge on any atom is 0.151 e. The zero-order valence-electron chi connectivity index (χ0n) is 10.3. The van der Waals surface area contributed by atoms with Crippen molar-refractivity contribution in [3.8, 4) is 6.07 Å². The van der Waals surface area contributed by atoms with Crippen LogP contribution in [-0.2, 0) is 9.84 Å². The summed E-state index contributed by atoms with van der Waals surface area (Å²) in [6.07, 6.45) is 0.683. The van der Waals surface area contributed by atoms with Crippen molar-refractivity contribution in [1.82, 2.24) is 5.32 Å². The normalized spacial score (nSPS) is 23.4. The molecule has 1 aliphatic rings. The Balaban J connectivity index is 2.00. The molecule has 5 heteroatoms. The predicted molar refractivity (Wildman–Crippen MR) is 69.8 cm³/mol. The van der Waals surface area contributed by atoms with Crippen LogP contribution in [0.25, 0.3) is 0 Å². The summed E-state index contributed by atoms with van der Waals surface area (Å²) in [6, 6.07) is 9.57. The molecular weight excluding hydrogens is 248 g/mol. The average Bonchev–Trinajstić information content (AvgIpc) is 2.68. The zero-order valence-corrected chi connectivity index (χ0v) is 11.1. The van der Waals surface area contributed by atoms with E-state index >= 15 is 0 Å². The van der Waals surface area contributed by atoms with Gasteiger partial charge in [-0.25, -0.2) is 8.42 Å². The summed E-state index contributed by atoms with van der Waals surface area (Å²) in [6.45, 7) is 2.01. The maximum absolute atomic E-state index is 11.4. The minimum absolute atomic E-state index is 0.0423. The Kier molecular flexibility index (Phi) is 3.69. The van der Waals surface area contributed by atoms with Gasteiger partial charge in [-0.2, -0.15) is 5.26 Å². The summed E-state index contributed by atoms with van der Waals surface area (Å²) in [5.41, 5.74) is 1.70. The molecule has 2 unspecified atom stereocenters. The van der Waals surface area contributed by atoms with Gasteiger partial charge in [-0.3, -0.25) is 0 Å². The van der Waals surface area contributed by atoms with Crippen LogP contribution in [0.15, 0.2) is 24.3 Å². The molecule has 1 aliphatic heterocycles. The van der Waals surface area contributed by atoms with Gasteiger partial charge in [-0.05, 0) is 31.0 Å². The van der Waals surface area contributed by atoms with E-state index in [4.69, 9.17) is 5.26 Å². The molecule has 1 aromatic rings. The van der Waals surface area contributed by atoms with Gasteiger partial charge in [-0.1, -0.05) is 12.1 Å². The molecule has 1 saturated heterocycles. The van der Waals surface area contributed by atoms with Crippen LogP contribution in [0, 0.1) is 11.3 Å². The van der Waals surface area contributed by atoms with E-state index < -0.39 is 9.84 Å². The van der Waals surface area contributed by atoms with E-state index in [1.165, 1.54) is 0 Å². The van der Waals surface area contributed by atoms with E-state index in [0.717, 1.165) is 5.56 Å². The fourth-order valence-electron chi connectivity index (χ4n) is 2.22. The molecule has 4 nitrogen and oxygen atoms in total. The van der Waals surface area contributed by atoms with Crippen LogP contribution in [0.3, 0.4) is 0 Å². The number of benzene rings is 1. The van der Waals surface area contributed by atoms with Gasteiger partial charge in [0.2, 0.25) is 0 Å². The third-order valence-electron chi connectivity index (χ3n) is 3.26. The van der Waals surface area contributed by atoms with E-state index in [2.05, 4.69) is 11.4 Å². The summed E-state index contributed by atoms with van der Waals surface area (Å²) in [7, 11) is -2.84. The Bertz CT molecular complexity index is 558. The highest BCUT2D eigenvalue weighted by Crippen LogP contribution is 2.18. The van der Waals surface area contributed by atoms with E-state index in [9.17, 15) is 8.42 Å². The third kappa shape index (κ3) is 3.09. The Labute approximate surface area is 108 Å². The average molecular weight is 264 g/mol. The van der Waals surface area contributed by atoms with Gasteiger partial charge in [-0.15, -0.1) is 0 Å². The lowest BCUT2D eigenvalue weighted by atomic mass is 10.1. The minimum Gasteiger partial charge on any atom is -0.306 e. The van der Waals surface area contributed by atoms with Gasteiger partial charge >= 0.3 is 0 Å². The van der Waals surface area contributed by atoms with Gasteiger partial charge in [0.15, 0.2) is 9.84 Å². The molecule has 0 amide bonds. The van der Waals surface area contributed by atoms with Crippen molar-refractivity contribution in [2.45, 2.75) is 25.4 Å². The monoisotopic (exact) mass is 264 g/mol. The Morgan fingerprint density at radius 1 is 1.39 bits per heavy atom. The molecule has 96 valence electrons. The molecule has 2 rings (SSSR count). The van der Waals surface area contributed by atoms with E-state index in [1.807, 2.05) is 19.1 Å². The lowest BCUT2D eigenvalue weighted by molar-refractivity contribution is 0.485. The summed E-state index contributed by atoms with van der Waals surface area (Å²) < 4.78 is 22.7. The zero-order chi connectivity index (χ0) is 13.2. The first-order valence-corrected chi connectivity index (χ1v) is 7.79. The third-order valence-corrected chi connectivity index (χ3v) is 5.03. The largest absolute Gasteiger partial charge is 0.306 e. The minimum atomic E-state index is -2.84. The highest BCUT2D eigenvalue weighted by atomic mass is 32.2. The van der Waals surface area contributed by atoms with Crippen molar-refractivity contribution >= 4 is 9.84 Å². The smallest absolute Gasteiger partial charge is 0.151 e. The van der Waals surface area contributed by atoms with Crippen molar-refractivity contribution in [2.24, 2.45) is 0 Å². The van der Waals surface area contributed by atoms with Crippen molar-refractivity contribution < 1.29 is 8.42 Å². The van der Waals surface area contributed by atoms with Crippen LogP contribution in [0.4, 0.5) is 0 Å². The molecule has 0 bridgehead atoms. The number of rotatable bonds is 3. The summed E-state index contributed by atoms with van der Waals surface area (Å²) >= 11 is 0. The lowest BCUT2D eigenvalue weighted by Gasteiger charge is -2.18. The standard InChI is InChI=1S/C13H16N2O2S/c1-10(12-4-2-11(8-14)3-5-12)15-13-6-7-18(16,17)9-13/h2-5,10,13,15H,6-7,9H2,1H3. The molecule has 18 heavy (non-hydrogen) atoms. The molecule has 0 aliphatic carbocycles. The highest BCUT2D eigenvalue weighted by molar-refractivity contribution is 7.91. The second kappa shape index (κ2) is 5.09. The van der Waals surface area contributed by atoms with Gasteiger partial charge in [0.1, 0.15) is 0 Å². The number of nitrogens with zero attached hydrogens (tertiary/aromatic N) is 1. The van der Waals surface area contributed by atoms with Crippen LogP contribution in [0.1, 0.15) is 30.5 Å². The Morgan fingerprint density at radius 3 is 2.56 bits per heavy atom. The number of nitriles is 1. The van der Waals surface area contributed by atoms with E-state index in [-0.39, 0.29) is 23.6 Å². The molecule has 0 radical (unpaired) electrons. The van der Waals surface area contributed by atoms with Crippen molar-refractivity contribution in [3.63, 3.8) is 0 Å². The van der Waals surface area contributed by atoms with E-state index in [0.29, 0.717) is 12.0 Å².